The maximum Gasteiger partial charge on any atom is 0.114 e. The lowest BCUT2D eigenvalue weighted by Crippen LogP contribution is -2.43. The van der Waals surface area contributed by atoms with Gasteiger partial charge in [-0.3, -0.25) is 0 Å². The summed E-state index contributed by atoms with van der Waals surface area (Å²) in [6.07, 6.45) is -3.14. The lowest BCUT2D eigenvalue weighted by atomic mass is 10.1. The SMILES string of the molecule is OC[C@H](O)[C@@H](OCc1ccccc1)[C@H](O)COCc1ccccc1. The Morgan fingerprint density at radius 1 is 0.750 bits per heavy atom. The van der Waals surface area contributed by atoms with Gasteiger partial charge in [0.25, 0.3) is 0 Å². The van der Waals surface area contributed by atoms with Crippen molar-refractivity contribution in [2.24, 2.45) is 0 Å². The first-order valence-electron chi connectivity index (χ1n) is 7.95. The van der Waals surface area contributed by atoms with E-state index < -0.39 is 24.9 Å². The number of ether oxygens (including phenoxy) is 2. The molecule has 0 aliphatic carbocycles. The molecule has 5 nitrogen and oxygen atoms in total. The minimum atomic E-state index is -1.18. The minimum Gasteiger partial charge on any atom is -0.394 e. The fourth-order valence-electron chi connectivity index (χ4n) is 2.32. The molecule has 130 valence electrons. The van der Waals surface area contributed by atoms with Crippen molar-refractivity contribution in [2.75, 3.05) is 13.2 Å². The van der Waals surface area contributed by atoms with Crippen LogP contribution in [-0.2, 0) is 22.7 Å². The highest BCUT2D eigenvalue weighted by Gasteiger charge is 2.27. The van der Waals surface area contributed by atoms with E-state index in [2.05, 4.69) is 0 Å². The Balaban J connectivity index is 1.84. The molecule has 0 saturated carbocycles. The monoisotopic (exact) mass is 332 g/mol. The zero-order chi connectivity index (χ0) is 17.2. The van der Waals surface area contributed by atoms with E-state index in [-0.39, 0.29) is 13.2 Å². The Kier molecular flexibility index (Phi) is 7.88. The standard InChI is InChI=1S/C19H24O5/c20-11-17(21)19(24-13-16-9-5-2-6-10-16)18(22)14-23-12-15-7-3-1-4-8-15/h1-10,17-22H,11-14H2/t17-,18+,19+/m0/s1. The van der Waals surface area contributed by atoms with E-state index in [1.807, 2.05) is 60.7 Å². The molecule has 0 unspecified atom stereocenters. The van der Waals surface area contributed by atoms with Crippen LogP contribution >= 0.6 is 0 Å². The molecule has 0 radical (unpaired) electrons. The summed E-state index contributed by atoms with van der Waals surface area (Å²) in [6, 6.07) is 19.1. The first-order chi connectivity index (χ1) is 11.7. The third kappa shape index (κ3) is 6.03. The predicted octanol–water partition coefficient (Wildman–Crippen LogP) is 1.50. The third-order valence-corrected chi connectivity index (χ3v) is 3.63. The molecule has 2 rings (SSSR count). The second-order valence-electron chi connectivity index (χ2n) is 5.58. The van der Waals surface area contributed by atoms with Crippen molar-refractivity contribution in [3.63, 3.8) is 0 Å². The summed E-state index contributed by atoms with van der Waals surface area (Å²) in [5, 5.41) is 29.3. The fourth-order valence-corrected chi connectivity index (χ4v) is 2.32. The van der Waals surface area contributed by atoms with Crippen LogP contribution in [0.5, 0.6) is 0 Å². The van der Waals surface area contributed by atoms with Crippen molar-refractivity contribution in [2.45, 2.75) is 31.5 Å². The molecule has 0 aromatic heterocycles. The van der Waals surface area contributed by atoms with Gasteiger partial charge in [-0.15, -0.1) is 0 Å². The van der Waals surface area contributed by atoms with Gasteiger partial charge in [0.05, 0.1) is 26.4 Å². The molecule has 2 aromatic rings. The first kappa shape index (κ1) is 18.6. The van der Waals surface area contributed by atoms with Gasteiger partial charge < -0.3 is 24.8 Å². The Morgan fingerprint density at radius 2 is 1.29 bits per heavy atom. The van der Waals surface area contributed by atoms with Crippen molar-refractivity contribution in [3.05, 3.63) is 71.8 Å². The Labute approximate surface area is 142 Å². The zero-order valence-electron chi connectivity index (χ0n) is 13.5. The Bertz CT molecular complexity index is 560. The predicted molar refractivity (Wildman–Crippen MR) is 90.2 cm³/mol. The highest BCUT2D eigenvalue weighted by molar-refractivity contribution is 5.14. The van der Waals surface area contributed by atoms with Crippen molar-refractivity contribution in [3.8, 4) is 0 Å². The van der Waals surface area contributed by atoms with Gasteiger partial charge in [0.2, 0.25) is 0 Å². The van der Waals surface area contributed by atoms with Gasteiger partial charge in [-0.2, -0.15) is 0 Å². The number of rotatable bonds is 10. The van der Waals surface area contributed by atoms with Crippen molar-refractivity contribution in [1.29, 1.82) is 0 Å². The molecular formula is C19H24O5. The maximum atomic E-state index is 10.2. The number of aliphatic hydroxyl groups excluding tert-OH is 3. The maximum absolute atomic E-state index is 10.2. The van der Waals surface area contributed by atoms with Gasteiger partial charge in [0.15, 0.2) is 0 Å². The van der Waals surface area contributed by atoms with Gasteiger partial charge in [-0.25, -0.2) is 0 Å². The smallest absolute Gasteiger partial charge is 0.114 e. The third-order valence-electron chi connectivity index (χ3n) is 3.63. The Hall–Kier alpha value is -1.76. The topological polar surface area (TPSA) is 79.2 Å². The van der Waals surface area contributed by atoms with Crippen LogP contribution in [0.25, 0.3) is 0 Å². The van der Waals surface area contributed by atoms with Crippen LogP contribution in [-0.4, -0.2) is 46.8 Å². The van der Waals surface area contributed by atoms with E-state index >= 15 is 0 Å². The highest BCUT2D eigenvalue weighted by atomic mass is 16.5. The summed E-state index contributed by atoms with van der Waals surface area (Å²) in [6.45, 7) is 0.109. The van der Waals surface area contributed by atoms with Crippen LogP contribution in [0, 0.1) is 0 Å². The second-order valence-corrected chi connectivity index (χ2v) is 5.58. The van der Waals surface area contributed by atoms with Crippen LogP contribution in [0.4, 0.5) is 0 Å². The lowest BCUT2D eigenvalue weighted by molar-refractivity contribution is -0.136. The summed E-state index contributed by atoms with van der Waals surface area (Å²) in [5.74, 6) is 0. The average Bonchev–Trinajstić information content (AvgIpc) is 2.63. The molecule has 0 amide bonds. The van der Waals surface area contributed by atoms with E-state index in [4.69, 9.17) is 9.47 Å². The van der Waals surface area contributed by atoms with Gasteiger partial charge in [0, 0.05) is 0 Å². The fraction of sp³-hybridized carbons (Fsp3) is 0.368. The zero-order valence-corrected chi connectivity index (χ0v) is 13.5. The number of benzene rings is 2. The quantitative estimate of drug-likeness (QED) is 0.614. The van der Waals surface area contributed by atoms with Gasteiger partial charge in [-0.1, -0.05) is 60.7 Å². The highest BCUT2D eigenvalue weighted by Crippen LogP contribution is 2.11. The van der Waals surface area contributed by atoms with Gasteiger partial charge in [-0.05, 0) is 11.1 Å². The Morgan fingerprint density at radius 3 is 1.83 bits per heavy atom. The molecule has 0 fully saturated rings. The molecule has 0 heterocycles. The second kappa shape index (κ2) is 10.2. The van der Waals surface area contributed by atoms with Crippen LogP contribution < -0.4 is 0 Å². The summed E-state index contributed by atoms with van der Waals surface area (Å²) >= 11 is 0. The molecular weight excluding hydrogens is 308 g/mol. The van der Waals surface area contributed by atoms with Crippen molar-refractivity contribution < 1.29 is 24.8 Å². The van der Waals surface area contributed by atoms with Crippen molar-refractivity contribution >= 4 is 0 Å². The summed E-state index contributed by atoms with van der Waals surface area (Å²) in [4.78, 5) is 0. The van der Waals surface area contributed by atoms with E-state index in [1.165, 1.54) is 0 Å². The van der Waals surface area contributed by atoms with Crippen molar-refractivity contribution in [1.82, 2.24) is 0 Å². The summed E-state index contributed by atoms with van der Waals surface area (Å²) in [5.41, 5.74) is 1.92. The van der Waals surface area contributed by atoms with Gasteiger partial charge in [0.1, 0.15) is 18.3 Å². The molecule has 24 heavy (non-hydrogen) atoms. The molecule has 0 aliphatic heterocycles. The van der Waals surface area contributed by atoms with Crippen LogP contribution in [0.1, 0.15) is 11.1 Å². The van der Waals surface area contributed by atoms with Gasteiger partial charge >= 0.3 is 0 Å². The minimum absolute atomic E-state index is 0.00537. The number of hydrogen-bond acceptors (Lipinski definition) is 5. The number of aliphatic hydroxyl groups is 3. The first-order valence-corrected chi connectivity index (χ1v) is 7.95. The molecule has 3 atom stereocenters. The van der Waals surface area contributed by atoms with E-state index in [0.29, 0.717) is 6.61 Å². The lowest BCUT2D eigenvalue weighted by Gasteiger charge is -2.26. The molecule has 0 aliphatic rings. The molecule has 0 bridgehead atoms. The summed E-state index contributed by atoms with van der Waals surface area (Å²) < 4.78 is 11.1. The van der Waals surface area contributed by atoms with Crippen LogP contribution in [0.15, 0.2) is 60.7 Å². The molecule has 3 N–H and O–H groups in total. The normalized spacial score (nSPS) is 15.0. The van der Waals surface area contributed by atoms with E-state index in [1.54, 1.807) is 0 Å². The molecule has 5 heteroatoms. The number of hydrogen-bond donors (Lipinski definition) is 3. The van der Waals surface area contributed by atoms with E-state index in [9.17, 15) is 15.3 Å². The van der Waals surface area contributed by atoms with E-state index in [0.717, 1.165) is 11.1 Å². The molecule has 0 spiro atoms. The summed E-state index contributed by atoms with van der Waals surface area (Å²) in [7, 11) is 0. The molecule has 0 saturated heterocycles. The van der Waals surface area contributed by atoms with Crippen LogP contribution in [0.2, 0.25) is 0 Å². The largest absolute Gasteiger partial charge is 0.394 e. The van der Waals surface area contributed by atoms with Crippen LogP contribution in [0.3, 0.4) is 0 Å². The molecule has 2 aromatic carbocycles. The average molecular weight is 332 g/mol.